The van der Waals surface area contributed by atoms with Crippen LogP contribution in [0.3, 0.4) is 0 Å². The predicted octanol–water partition coefficient (Wildman–Crippen LogP) is 4.06. The summed E-state index contributed by atoms with van der Waals surface area (Å²) < 4.78 is 20.4. The monoisotopic (exact) mass is 363 g/mol. The van der Waals surface area contributed by atoms with Gasteiger partial charge in [-0.25, -0.2) is 4.39 Å². The predicted molar refractivity (Wildman–Crippen MR) is 99.9 cm³/mol. The summed E-state index contributed by atoms with van der Waals surface area (Å²) in [7, 11) is 0. The van der Waals surface area contributed by atoms with Crippen LogP contribution in [-0.2, 0) is 13.1 Å². The first kappa shape index (κ1) is 17.0. The van der Waals surface area contributed by atoms with Crippen LogP contribution in [0, 0.1) is 12.7 Å². The number of aromatic nitrogens is 2. The van der Waals surface area contributed by atoms with Crippen molar-refractivity contribution in [3.63, 3.8) is 0 Å². The van der Waals surface area contributed by atoms with Gasteiger partial charge in [-0.3, -0.25) is 9.48 Å². The van der Waals surface area contributed by atoms with Gasteiger partial charge in [0, 0.05) is 10.9 Å². The molecule has 0 fully saturated rings. The summed E-state index contributed by atoms with van der Waals surface area (Å²) in [4.78, 5) is 12.5. The molecule has 2 aromatic heterocycles. The molecule has 0 saturated heterocycles. The van der Waals surface area contributed by atoms with Gasteiger partial charge in [0.05, 0.1) is 24.8 Å². The zero-order chi connectivity index (χ0) is 18.8. The third kappa shape index (κ3) is 3.74. The van der Waals surface area contributed by atoms with Gasteiger partial charge < -0.3 is 9.73 Å². The highest BCUT2D eigenvalue weighted by atomic mass is 19.1. The molecule has 1 amide bonds. The van der Waals surface area contributed by atoms with Crippen molar-refractivity contribution in [1.82, 2.24) is 15.1 Å². The van der Waals surface area contributed by atoms with Crippen LogP contribution in [-0.4, -0.2) is 15.7 Å². The van der Waals surface area contributed by atoms with Crippen LogP contribution in [0.5, 0.6) is 0 Å². The summed E-state index contributed by atoms with van der Waals surface area (Å²) in [6.07, 6.45) is 1.76. The first-order valence-electron chi connectivity index (χ1n) is 8.62. The van der Waals surface area contributed by atoms with E-state index in [-0.39, 0.29) is 11.7 Å². The number of nitrogens with zero attached hydrogens (tertiary/aromatic N) is 2. The lowest BCUT2D eigenvalue weighted by molar-refractivity contribution is 0.0948. The van der Waals surface area contributed by atoms with E-state index >= 15 is 0 Å². The average Bonchev–Trinajstić information content (AvgIpc) is 3.27. The van der Waals surface area contributed by atoms with Gasteiger partial charge in [0.2, 0.25) is 0 Å². The lowest BCUT2D eigenvalue weighted by Crippen LogP contribution is -2.22. The molecule has 5 nitrogen and oxygen atoms in total. The Balaban J connectivity index is 1.53. The van der Waals surface area contributed by atoms with E-state index in [0.717, 1.165) is 22.2 Å². The Morgan fingerprint density at radius 3 is 2.70 bits per heavy atom. The van der Waals surface area contributed by atoms with Gasteiger partial charge in [-0.15, -0.1) is 0 Å². The number of rotatable bonds is 5. The number of amides is 1. The third-order valence-electron chi connectivity index (χ3n) is 4.37. The van der Waals surface area contributed by atoms with E-state index in [2.05, 4.69) is 10.4 Å². The smallest absolute Gasteiger partial charge is 0.251 e. The number of hydrogen-bond donors (Lipinski definition) is 1. The van der Waals surface area contributed by atoms with Gasteiger partial charge in [0.25, 0.3) is 5.91 Å². The first-order valence-corrected chi connectivity index (χ1v) is 8.62. The number of benzene rings is 2. The Kier molecular flexibility index (Phi) is 4.46. The van der Waals surface area contributed by atoms with Gasteiger partial charge in [-0.2, -0.15) is 5.10 Å². The molecule has 4 aromatic rings. The molecule has 4 rings (SSSR count). The lowest BCUT2D eigenvalue weighted by Gasteiger charge is -2.07. The van der Waals surface area contributed by atoms with Crippen molar-refractivity contribution < 1.29 is 13.6 Å². The van der Waals surface area contributed by atoms with Gasteiger partial charge in [0.15, 0.2) is 0 Å². The normalized spacial score (nSPS) is 11.0. The number of carbonyl (C=O) groups excluding carboxylic acids is 1. The number of furan rings is 1. The molecular formula is C21H18FN3O2. The fourth-order valence-electron chi connectivity index (χ4n) is 2.95. The molecule has 2 heterocycles. The van der Waals surface area contributed by atoms with Crippen molar-refractivity contribution in [2.75, 3.05) is 0 Å². The number of fused-ring (bicyclic) bond motifs is 1. The molecule has 0 atom stereocenters. The van der Waals surface area contributed by atoms with Crippen molar-refractivity contribution in [1.29, 1.82) is 0 Å². The number of carbonyl (C=O) groups is 1. The highest BCUT2D eigenvalue weighted by molar-refractivity contribution is 5.97. The average molecular weight is 363 g/mol. The fourth-order valence-corrected chi connectivity index (χ4v) is 2.95. The van der Waals surface area contributed by atoms with E-state index in [0.29, 0.717) is 24.4 Å². The van der Waals surface area contributed by atoms with Crippen molar-refractivity contribution >= 4 is 16.8 Å². The summed E-state index contributed by atoms with van der Waals surface area (Å²) in [6.45, 7) is 2.70. The maximum absolute atomic E-state index is 13.1. The highest BCUT2D eigenvalue weighted by Crippen LogP contribution is 2.18. The lowest BCUT2D eigenvalue weighted by atomic mass is 10.1. The molecule has 0 unspecified atom stereocenters. The van der Waals surface area contributed by atoms with Crippen molar-refractivity contribution in [2.45, 2.75) is 20.0 Å². The van der Waals surface area contributed by atoms with E-state index in [1.807, 2.05) is 31.2 Å². The minimum atomic E-state index is -0.269. The molecule has 0 saturated carbocycles. The van der Waals surface area contributed by atoms with Gasteiger partial charge in [0.1, 0.15) is 17.3 Å². The van der Waals surface area contributed by atoms with Crippen LogP contribution >= 0.6 is 0 Å². The van der Waals surface area contributed by atoms with Crippen LogP contribution in [0.25, 0.3) is 10.9 Å². The van der Waals surface area contributed by atoms with Crippen molar-refractivity contribution in [3.05, 3.63) is 89.3 Å². The van der Waals surface area contributed by atoms with E-state index < -0.39 is 0 Å². The maximum Gasteiger partial charge on any atom is 0.251 e. The van der Waals surface area contributed by atoms with E-state index in [1.165, 1.54) is 12.1 Å². The third-order valence-corrected chi connectivity index (χ3v) is 4.37. The number of hydrogen-bond acceptors (Lipinski definition) is 3. The van der Waals surface area contributed by atoms with Crippen LogP contribution in [0.4, 0.5) is 4.39 Å². The molecule has 1 N–H and O–H groups in total. The van der Waals surface area contributed by atoms with Gasteiger partial charge >= 0.3 is 0 Å². The minimum absolute atomic E-state index is 0.180. The highest BCUT2D eigenvalue weighted by Gasteiger charge is 2.10. The Hall–Kier alpha value is -3.41. The number of aryl methyl sites for hydroxylation is 1. The molecule has 136 valence electrons. The summed E-state index contributed by atoms with van der Waals surface area (Å²) >= 11 is 0. The minimum Gasteiger partial charge on any atom is -0.465 e. The van der Waals surface area contributed by atoms with E-state index in [9.17, 15) is 9.18 Å². The second kappa shape index (κ2) is 7.07. The molecule has 0 radical (unpaired) electrons. The zero-order valence-corrected chi connectivity index (χ0v) is 14.8. The molecule has 0 bridgehead atoms. The van der Waals surface area contributed by atoms with Crippen LogP contribution in [0.2, 0.25) is 0 Å². The Labute approximate surface area is 155 Å². The first-order chi connectivity index (χ1) is 13.1. The molecule has 6 heteroatoms. The molecular weight excluding hydrogens is 345 g/mol. The Bertz CT molecular complexity index is 1100. The quantitative estimate of drug-likeness (QED) is 0.582. The van der Waals surface area contributed by atoms with Gasteiger partial charge in [-0.05, 0) is 48.9 Å². The van der Waals surface area contributed by atoms with Crippen LogP contribution in [0.15, 0.2) is 65.2 Å². The molecule has 0 aliphatic carbocycles. The Morgan fingerprint density at radius 1 is 1.15 bits per heavy atom. The molecule has 0 aliphatic rings. The summed E-state index contributed by atoms with van der Waals surface area (Å²) in [6, 6.07) is 15.5. The molecule has 2 aromatic carbocycles. The molecule has 27 heavy (non-hydrogen) atoms. The molecule has 0 aliphatic heterocycles. The van der Waals surface area contributed by atoms with Crippen LogP contribution < -0.4 is 5.32 Å². The standard InChI is InChI=1S/C21H18FN3O2/c1-14-2-9-19(27-14)12-23-21(26)16-5-6-17-11-24-25(20(17)10-16)13-15-3-7-18(22)8-4-15/h2-11H,12-13H2,1H3,(H,23,26). The largest absolute Gasteiger partial charge is 0.465 e. The fraction of sp³-hybridized carbons (Fsp3) is 0.143. The van der Waals surface area contributed by atoms with Crippen molar-refractivity contribution in [3.8, 4) is 0 Å². The van der Waals surface area contributed by atoms with E-state index in [1.54, 1.807) is 29.1 Å². The van der Waals surface area contributed by atoms with Crippen molar-refractivity contribution in [2.24, 2.45) is 0 Å². The SMILES string of the molecule is Cc1ccc(CNC(=O)c2ccc3cnn(Cc4ccc(F)cc4)c3c2)o1. The second-order valence-corrected chi connectivity index (χ2v) is 6.40. The maximum atomic E-state index is 13.1. The van der Waals surface area contributed by atoms with E-state index in [4.69, 9.17) is 4.42 Å². The topological polar surface area (TPSA) is 60.1 Å². The zero-order valence-electron chi connectivity index (χ0n) is 14.8. The summed E-state index contributed by atoms with van der Waals surface area (Å²) in [5.74, 6) is 1.07. The Morgan fingerprint density at radius 2 is 1.96 bits per heavy atom. The van der Waals surface area contributed by atoms with Gasteiger partial charge in [-0.1, -0.05) is 18.2 Å². The molecule has 0 spiro atoms. The van der Waals surface area contributed by atoms with Crippen LogP contribution in [0.1, 0.15) is 27.4 Å². The number of halogens is 1. The summed E-state index contributed by atoms with van der Waals surface area (Å²) in [5, 5.41) is 8.18. The number of nitrogens with one attached hydrogen (secondary N) is 1. The second-order valence-electron chi connectivity index (χ2n) is 6.40. The summed E-state index contributed by atoms with van der Waals surface area (Å²) in [5.41, 5.74) is 2.33.